The van der Waals surface area contributed by atoms with Crippen molar-refractivity contribution in [1.29, 1.82) is 0 Å². The molecule has 7 aromatic carbocycles. The molecule has 0 saturated carbocycles. The van der Waals surface area contributed by atoms with Gasteiger partial charge in [0.05, 0.1) is 50.6 Å². The van der Waals surface area contributed by atoms with Crippen LogP contribution in [0.25, 0.3) is 44.0 Å². The topological polar surface area (TPSA) is 420 Å². The molecule has 1 atom stereocenters. The van der Waals surface area contributed by atoms with Gasteiger partial charge in [-0.2, -0.15) is 54.0 Å². The number of hydrogen-bond donors (Lipinski definition) is 7. The number of anilines is 1. The summed E-state index contributed by atoms with van der Waals surface area (Å²) in [6.07, 6.45) is 0. The number of carboxylic acid groups (broad SMARTS) is 1. The molecule has 0 radical (unpaired) electrons. The van der Waals surface area contributed by atoms with Crippen molar-refractivity contribution in [3.63, 3.8) is 0 Å². The van der Waals surface area contributed by atoms with Crippen molar-refractivity contribution >= 4 is 125 Å². The van der Waals surface area contributed by atoms with Gasteiger partial charge in [-0.15, -0.1) is 20.5 Å². The molecule has 75 heavy (non-hydrogen) atoms. The lowest BCUT2D eigenvalue weighted by molar-refractivity contribution is -0.130. The minimum Gasteiger partial charge on any atom is -0.505 e. The molecule has 9 rings (SSSR count). The normalized spacial score (nSPS) is 14.8. The summed E-state index contributed by atoms with van der Waals surface area (Å²) in [4.78, 5) is 30.3. The van der Waals surface area contributed by atoms with Gasteiger partial charge < -0.3 is 19.9 Å². The minimum absolute atomic E-state index is 0.0219. The summed E-state index contributed by atoms with van der Waals surface area (Å²) >= 11 is 0. The van der Waals surface area contributed by atoms with Crippen molar-refractivity contribution in [3.8, 4) is 22.9 Å². The van der Waals surface area contributed by atoms with E-state index in [1.165, 1.54) is 73.8 Å². The highest BCUT2D eigenvalue weighted by Gasteiger charge is 2.41. The van der Waals surface area contributed by atoms with Gasteiger partial charge in [-0.05, 0) is 102 Å². The number of ether oxygens (including phenoxy) is 1. The van der Waals surface area contributed by atoms with Crippen LogP contribution < -0.4 is 9.75 Å². The zero-order chi connectivity index (χ0) is 53.9. The highest BCUT2D eigenvalue weighted by molar-refractivity contribution is 7.86. The lowest BCUT2D eigenvalue weighted by Crippen LogP contribution is -2.33. The third kappa shape index (κ3) is 10.1. The second-order valence-corrected chi connectivity index (χ2v) is 21.4. The first kappa shape index (κ1) is 51.1. The van der Waals surface area contributed by atoms with Gasteiger partial charge >= 0.3 is 5.97 Å². The van der Waals surface area contributed by atoms with Crippen molar-refractivity contribution in [1.82, 2.24) is 9.97 Å². The maximum atomic E-state index is 13.2. The van der Waals surface area contributed by atoms with E-state index in [1.807, 2.05) is 0 Å². The lowest BCUT2D eigenvalue weighted by Gasteiger charge is -2.12. The lowest BCUT2D eigenvalue weighted by atomic mass is 10.1. The summed E-state index contributed by atoms with van der Waals surface area (Å²) in [7, 11) is -18.2. The molecular weight excluding hydrogens is 1070 g/mol. The highest BCUT2D eigenvalue weighted by Crippen LogP contribution is 2.45. The molecule has 1 aromatic heterocycles. The number of phenols is 1. The number of aromatic nitrogens is 2. The number of aromatic hydroxyl groups is 1. The number of nitrogens with zero attached hydrogens (tertiary/aromatic N) is 9. The minimum atomic E-state index is -5.17. The van der Waals surface area contributed by atoms with Crippen LogP contribution in [0.15, 0.2) is 171 Å². The fraction of sp³-hybridized carbons (Fsp3) is 0.0455. The number of nitrogens with one attached hydrogen (secondary N) is 1. The SMILES string of the molecule is COc1ccc(/N=N/c2ccc(/N=N/c3c(S(=O)(=O)O)cc4ccc5[nH]c(-c6ccc(/N=N/C7C(=O)N(c8ccc(S(=O)(=O)O)cc8)N=C7C(=O)O)cc6)nc5c4c3O)c3cc(S(=O)(=O)O)ccc23)c(S(=O)(=O)O)c1. The molecule has 31 heteroatoms. The first-order chi connectivity index (χ1) is 35.3. The monoisotopic (exact) mass is 1100 g/mol. The van der Waals surface area contributed by atoms with Crippen LogP contribution in [0.2, 0.25) is 0 Å². The van der Waals surface area contributed by atoms with Gasteiger partial charge in [-0.25, -0.2) is 9.78 Å². The van der Waals surface area contributed by atoms with E-state index in [9.17, 15) is 71.7 Å². The Balaban J connectivity index is 1.05. The molecule has 0 fully saturated rings. The van der Waals surface area contributed by atoms with E-state index in [2.05, 4.69) is 45.8 Å². The summed E-state index contributed by atoms with van der Waals surface area (Å²) < 4.78 is 142. The summed E-state index contributed by atoms with van der Waals surface area (Å²) in [5, 5.41) is 50.1. The van der Waals surface area contributed by atoms with Crippen molar-refractivity contribution in [2.75, 3.05) is 12.1 Å². The average Bonchev–Trinajstić information content (AvgIpc) is 3.94. The quantitative estimate of drug-likeness (QED) is 0.0400. The van der Waals surface area contributed by atoms with Crippen molar-refractivity contribution in [2.24, 2.45) is 35.8 Å². The summed E-state index contributed by atoms with van der Waals surface area (Å²) in [6.45, 7) is 0. The van der Waals surface area contributed by atoms with Crippen molar-refractivity contribution in [3.05, 3.63) is 115 Å². The van der Waals surface area contributed by atoms with Crippen molar-refractivity contribution in [2.45, 2.75) is 25.6 Å². The predicted molar refractivity (Wildman–Crippen MR) is 263 cm³/mol. The Kier molecular flexibility index (Phi) is 12.9. The van der Waals surface area contributed by atoms with Gasteiger partial charge in [0.1, 0.15) is 38.3 Å². The maximum absolute atomic E-state index is 13.2. The van der Waals surface area contributed by atoms with E-state index < -0.39 is 95.1 Å². The molecule has 0 bridgehead atoms. The van der Waals surface area contributed by atoms with E-state index in [0.29, 0.717) is 16.1 Å². The number of carbonyl (C=O) groups excluding carboxylic acids is 1. The van der Waals surface area contributed by atoms with Gasteiger partial charge in [0, 0.05) is 22.4 Å². The fourth-order valence-electron chi connectivity index (χ4n) is 7.55. The molecule has 1 aliphatic rings. The number of rotatable bonds is 14. The molecule has 7 N–H and O–H groups in total. The van der Waals surface area contributed by atoms with Crippen LogP contribution in [0, 0.1) is 0 Å². The first-order valence-corrected chi connectivity index (χ1v) is 26.5. The number of carboxylic acids is 1. The standard InChI is InChI=1S/C44H30N10O17S4/c1-71-25-9-15-32(34(19-25)74(65,66)67)50-48-30-16-17-31(29-20-27(73(62,63)64)12-13-28(29)30)49-51-38-35(75(68,69)70)18-22-4-14-33-37(36(22)41(38)55)46-42(45-33)21-2-5-23(6-3-21)47-52-39-40(44(57)58)53-54(43(39)56)24-7-10-26(11-8-24)72(59,60)61/h2-20,39,55H,1H3,(H,45,46)(H,57,58)(H,59,60,61)(H,62,63,64)(H,65,66,67)(H,68,69,70)/b50-48+,51-49+,52-47+. The Labute approximate surface area is 420 Å². The number of fused-ring (bicyclic) bond motifs is 4. The maximum Gasteiger partial charge on any atom is 0.355 e. The number of imidazole rings is 1. The van der Waals surface area contributed by atoms with Gasteiger partial charge in [0.15, 0.2) is 11.5 Å². The van der Waals surface area contributed by atoms with Gasteiger partial charge in [-0.1, -0.05) is 12.1 Å². The zero-order valence-electron chi connectivity index (χ0n) is 37.4. The Morgan fingerprint density at radius 2 is 1.27 bits per heavy atom. The van der Waals surface area contributed by atoms with Crippen LogP contribution >= 0.6 is 0 Å². The van der Waals surface area contributed by atoms with E-state index >= 15 is 0 Å². The molecule has 0 aliphatic carbocycles. The molecule has 27 nitrogen and oxygen atoms in total. The number of phenolic OH excluding ortho intramolecular Hbond substituents is 1. The van der Waals surface area contributed by atoms with Crippen LogP contribution in [0.5, 0.6) is 11.5 Å². The molecule has 1 amide bonds. The Morgan fingerprint density at radius 3 is 1.89 bits per heavy atom. The molecular formula is C44H30N10O17S4. The second kappa shape index (κ2) is 18.9. The number of aliphatic carboxylic acids is 1. The smallest absolute Gasteiger partial charge is 0.355 e. The van der Waals surface area contributed by atoms with E-state index in [0.717, 1.165) is 48.5 Å². The fourth-order valence-corrected chi connectivity index (χ4v) is 9.83. The largest absolute Gasteiger partial charge is 0.505 e. The molecule has 0 spiro atoms. The number of methoxy groups -OCH3 is 1. The van der Waals surface area contributed by atoms with Gasteiger partial charge in [0.2, 0.25) is 6.04 Å². The molecule has 8 aromatic rings. The van der Waals surface area contributed by atoms with Crippen LogP contribution in [0.3, 0.4) is 0 Å². The number of amides is 1. The number of carbonyl (C=O) groups is 2. The Morgan fingerprint density at radius 1 is 0.653 bits per heavy atom. The van der Waals surface area contributed by atoms with Gasteiger partial charge in [-0.3, -0.25) is 23.0 Å². The zero-order valence-corrected chi connectivity index (χ0v) is 40.6. The predicted octanol–water partition coefficient (Wildman–Crippen LogP) is 8.01. The summed E-state index contributed by atoms with van der Waals surface area (Å²) in [5.74, 6) is -3.07. The van der Waals surface area contributed by atoms with E-state index in [1.54, 1.807) is 0 Å². The van der Waals surface area contributed by atoms with Gasteiger partial charge in [0.25, 0.3) is 46.4 Å². The highest BCUT2D eigenvalue weighted by atomic mass is 32.2. The number of azo groups is 3. The number of hydrogen-bond acceptors (Lipinski definition) is 20. The number of benzene rings is 7. The number of aromatic amines is 1. The van der Waals surface area contributed by atoms with E-state index in [-0.39, 0.29) is 67.1 Å². The molecule has 382 valence electrons. The van der Waals surface area contributed by atoms with Crippen molar-refractivity contribution < 1.29 is 76.4 Å². The molecule has 1 unspecified atom stereocenters. The first-order valence-electron chi connectivity index (χ1n) is 20.7. The van der Waals surface area contributed by atoms with Crippen LogP contribution in [-0.4, -0.2) is 103 Å². The molecule has 0 saturated heterocycles. The number of hydrazone groups is 1. The number of H-pyrrole nitrogens is 1. The van der Waals surface area contributed by atoms with Crippen LogP contribution in [0.4, 0.5) is 34.1 Å². The summed E-state index contributed by atoms with van der Waals surface area (Å²) in [5.41, 5.74) is -1.11. The van der Waals surface area contributed by atoms with E-state index in [4.69, 9.17) is 4.74 Å². The second-order valence-electron chi connectivity index (χ2n) is 15.8. The third-order valence-electron chi connectivity index (χ3n) is 11.1. The average molecular weight is 1100 g/mol. The van der Waals surface area contributed by atoms with Crippen LogP contribution in [-0.2, 0) is 50.1 Å². The third-order valence-corrected chi connectivity index (χ3v) is 14.6. The summed E-state index contributed by atoms with van der Waals surface area (Å²) in [6, 6.07) is 21.6. The Hall–Kier alpha value is -8.82. The molecule has 2 heterocycles. The Bertz CT molecular complexity index is 4360. The molecule has 1 aliphatic heterocycles. The van der Waals surface area contributed by atoms with Crippen LogP contribution in [0.1, 0.15) is 0 Å².